The number of rotatable bonds is 7. The van der Waals surface area contributed by atoms with Gasteiger partial charge in [0.2, 0.25) is 5.91 Å². The maximum atomic E-state index is 11.9. The van der Waals surface area contributed by atoms with E-state index in [1.807, 2.05) is 24.3 Å². The Labute approximate surface area is 134 Å². The first-order valence-corrected chi connectivity index (χ1v) is 7.13. The first kappa shape index (κ1) is 16.4. The number of hydrogen-bond donors (Lipinski definition) is 3. The Morgan fingerprint density at radius 2 is 1.78 bits per heavy atom. The average Bonchev–Trinajstić information content (AvgIpc) is 2.58. The van der Waals surface area contributed by atoms with Gasteiger partial charge >= 0.3 is 0 Å². The SMILES string of the molecule is COc1ccccc1CNC(=O)CNc1ccccc1C(N)=O. The van der Waals surface area contributed by atoms with Crippen molar-refractivity contribution in [1.29, 1.82) is 0 Å². The fourth-order valence-electron chi connectivity index (χ4n) is 2.13. The summed E-state index contributed by atoms with van der Waals surface area (Å²) in [5.41, 5.74) is 7.07. The molecule has 0 spiro atoms. The number of carbonyl (C=O) groups is 2. The number of para-hydroxylation sites is 2. The molecule has 0 saturated heterocycles. The summed E-state index contributed by atoms with van der Waals surface area (Å²) in [7, 11) is 1.59. The van der Waals surface area contributed by atoms with Crippen molar-refractivity contribution in [2.24, 2.45) is 5.73 Å². The van der Waals surface area contributed by atoms with E-state index in [2.05, 4.69) is 10.6 Å². The second-order valence-corrected chi connectivity index (χ2v) is 4.85. The molecule has 2 rings (SSSR count). The summed E-state index contributed by atoms with van der Waals surface area (Å²) in [6.07, 6.45) is 0. The predicted octanol–water partition coefficient (Wildman–Crippen LogP) is 1.52. The first-order valence-electron chi connectivity index (χ1n) is 7.13. The van der Waals surface area contributed by atoms with Crippen molar-refractivity contribution in [3.63, 3.8) is 0 Å². The molecule has 4 N–H and O–H groups in total. The van der Waals surface area contributed by atoms with Crippen LogP contribution in [0.4, 0.5) is 5.69 Å². The van der Waals surface area contributed by atoms with Crippen molar-refractivity contribution >= 4 is 17.5 Å². The van der Waals surface area contributed by atoms with Crippen molar-refractivity contribution in [3.05, 3.63) is 59.7 Å². The Morgan fingerprint density at radius 1 is 1.09 bits per heavy atom. The molecule has 0 aliphatic carbocycles. The number of amides is 2. The van der Waals surface area contributed by atoms with Crippen LogP contribution in [-0.2, 0) is 11.3 Å². The molecule has 0 aliphatic heterocycles. The third-order valence-electron chi connectivity index (χ3n) is 3.30. The van der Waals surface area contributed by atoms with Crippen molar-refractivity contribution in [1.82, 2.24) is 5.32 Å². The van der Waals surface area contributed by atoms with Crippen LogP contribution in [0.2, 0.25) is 0 Å². The van der Waals surface area contributed by atoms with E-state index in [9.17, 15) is 9.59 Å². The first-order chi connectivity index (χ1) is 11.1. The Balaban J connectivity index is 1.90. The molecule has 0 aromatic heterocycles. The zero-order valence-electron chi connectivity index (χ0n) is 12.8. The van der Waals surface area contributed by atoms with E-state index in [0.29, 0.717) is 17.8 Å². The molecule has 2 aromatic carbocycles. The minimum atomic E-state index is -0.539. The summed E-state index contributed by atoms with van der Waals surface area (Å²) < 4.78 is 5.23. The van der Waals surface area contributed by atoms with Crippen molar-refractivity contribution < 1.29 is 14.3 Å². The van der Waals surface area contributed by atoms with E-state index in [4.69, 9.17) is 10.5 Å². The second-order valence-electron chi connectivity index (χ2n) is 4.85. The monoisotopic (exact) mass is 313 g/mol. The standard InChI is InChI=1S/C17H19N3O3/c1-23-15-9-5-2-6-12(15)10-20-16(21)11-19-14-8-4-3-7-13(14)17(18)22/h2-9,19H,10-11H2,1H3,(H2,18,22)(H,20,21). The lowest BCUT2D eigenvalue weighted by Crippen LogP contribution is -2.30. The molecule has 0 aliphatic rings. The molecular weight excluding hydrogens is 294 g/mol. The van der Waals surface area contributed by atoms with Gasteiger partial charge in [0.1, 0.15) is 5.75 Å². The van der Waals surface area contributed by atoms with Crippen LogP contribution in [0.5, 0.6) is 5.75 Å². The zero-order chi connectivity index (χ0) is 16.7. The maximum Gasteiger partial charge on any atom is 0.250 e. The Morgan fingerprint density at radius 3 is 2.52 bits per heavy atom. The summed E-state index contributed by atoms with van der Waals surface area (Å²) in [4.78, 5) is 23.3. The van der Waals surface area contributed by atoms with Gasteiger partial charge in [-0.1, -0.05) is 30.3 Å². The highest BCUT2D eigenvalue weighted by Gasteiger charge is 2.09. The smallest absolute Gasteiger partial charge is 0.250 e. The Kier molecular flexibility index (Phi) is 5.57. The summed E-state index contributed by atoms with van der Waals surface area (Å²) in [5.74, 6) is -0.0162. The summed E-state index contributed by atoms with van der Waals surface area (Å²) in [5, 5.41) is 5.71. The number of benzene rings is 2. The van der Waals surface area contributed by atoms with E-state index in [-0.39, 0.29) is 12.5 Å². The number of carbonyl (C=O) groups excluding carboxylic acids is 2. The van der Waals surface area contributed by atoms with Gasteiger partial charge in [-0.05, 0) is 18.2 Å². The molecule has 6 nitrogen and oxygen atoms in total. The van der Waals surface area contributed by atoms with Crippen LogP contribution in [-0.4, -0.2) is 25.5 Å². The molecule has 0 saturated carbocycles. The van der Waals surface area contributed by atoms with Crippen molar-refractivity contribution in [2.75, 3.05) is 19.0 Å². The molecule has 120 valence electrons. The highest BCUT2D eigenvalue weighted by Crippen LogP contribution is 2.17. The lowest BCUT2D eigenvalue weighted by atomic mass is 10.1. The lowest BCUT2D eigenvalue weighted by molar-refractivity contribution is -0.119. The number of anilines is 1. The van der Waals surface area contributed by atoms with Crippen LogP contribution in [0.15, 0.2) is 48.5 Å². The quantitative estimate of drug-likeness (QED) is 0.722. The van der Waals surface area contributed by atoms with Crippen LogP contribution in [0, 0.1) is 0 Å². The van der Waals surface area contributed by atoms with E-state index < -0.39 is 5.91 Å². The van der Waals surface area contributed by atoms with Crippen molar-refractivity contribution in [2.45, 2.75) is 6.54 Å². The van der Waals surface area contributed by atoms with Crippen LogP contribution in [0.1, 0.15) is 15.9 Å². The average molecular weight is 313 g/mol. The minimum Gasteiger partial charge on any atom is -0.496 e. The van der Waals surface area contributed by atoms with Gasteiger partial charge in [0.05, 0.1) is 19.2 Å². The molecule has 0 atom stereocenters. The lowest BCUT2D eigenvalue weighted by Gasteiger charge is -2.11. The van der Waals surface area contributed by atoms with Gasteiger partial charge in [-0.15, -0.1) is 0 Å². The van der Waals surface area contributed by atoms with Gasteiger partial charge in [-0.25, -0.2) is 0 Å². The number of methoxy groups -OCH3 is 1. The molecule has 6 heteroatoms. The third-order valence-corrected chi connectivity index (χ3v) is 3.30. The number of ether oxygens (including phenoxy) is 1. The van der Waals surface area contributed by atoms with Gasteiger partial charge in [-0.3, -0.25) is 9.59 Å². The van der Waals surface area contributed by atoms with E-state index in [0.717, 1.165) is 11.3 Å². The van der Waals surface area contributed by atoms with E-state index in [1.54, 1.807) is 31.4 Å². The molecule has 0 bridgehead atoms. The van der Waals surface area contributed by atoms with Gasteiger partial charge in [0.15, 0.2) is 0 Å². The molecule has 0 heterocycles. The van der Waals surface area contributed by atoms with Crippen LogP contribution < -0.4 is 21.1 Å². The highest BCUT2D eigenvalue weighted by molar-refractivity contribution is 5.98. The van der Waals surface area contributed by atoms with E-state index in [1.165, 1.54) is 0 Å². The van der Waals surface area contributed by atoms with Crippen LogP contribution >= 0.6 is 0 Å². The molecule has 0 fully saturated rings. The minimum absolute atomic E-state index is 0.0411. The van der Waals surface area contributed by atoms with Gasteiger partial charge < -0.3 is 21.1 Å². The second kappa shape index (κ2) is 7.84. The fraction of sp³-hybridized carbons (Fsp3) is 0.176. The van der Waals surface area contributed by atoms with Crippen LogP contribution in [0.3, 0.4) is 0 Å². The molecule has 0 unspecified atom stereocenters. The molecule has 2 amide bonds. The normalized spacial score (nSPS) is 9.96. The number of hydrogen-bond acceptors (Lipinski definition) is 4. The third kappa shape index (κ3) is 4.47. The zero-order valence-corrected chi connectivity index (χ0v) is 12.8. The molecule has 23 heavy (non-hydrogen) atoms. The maximum absolute atomic E-state index is 11.9. The number of primary amides is 1. The van der Waals surface area contributed by atoms with Gasteiger partial charge in [0.25, 0.3) is 5.91 Å². The summed E-state index contributed by atoms with van der Waals surface area (Å²) in [6.45, 7) is 0.404. The summed E-state index contributed by atoms with van der Waals surface area (Å²) in [6, 6.07) is 14.3. The molecule has 2 aromatic rings. The fourth-order valence-corrected chi connectivity index (χ4v) is 2.13. The topological polar surface area (TPSA) is 93.4 Å². The predicted molar refractivity (Wildman–Crippen MR) is 88.3 cm³/mol. The number of nitrogens with two attached hydrogens (primary N) is 1. The summed E-state index contributed by atoms with van der Waals surface area (Å²) >= 11 is 0. The number of nitrogens with one attached hydrogen (secondary N) is 2. The van der Waals surface area contributed by atoms with Gasteiger partial charge in [0, 0.05) is 17.8 Å². The van der Waals surface area contributed by atoms with E-state index >= 15 is 0 Å². The highest BCUT2D eigenvalue weighted by atomic mass is 16.5. The Bertz CT molecular complexity index is 701. The van der Waals surface area contributed by atoms with Crippen molar-refractivity contribution in [3.8, 4) is 5.75 Å². The van der Waals surface area contributed by atoms with Gasteiger partial charge in [-0.2, -0.15) is 0 Å². The molecule has 0 radical (unpaired) electrons. The largest absolute Gasteiger partial charge is 0.496 e. The Hall–Kier alpha value is -3.02. The molecular formula is C17H19N3O3. The van der Waals surface area contributed by atoms with Crippen LogP contribution in [0.25, 0.3) is 0 Å².